The molecule has 172 valence electrons. The Hall–Kier alpha value is -3.96. The van der Waals surface area contributed by atoms with Crippen molar-refractivity contribution in [3.63, 3.8) is 0 Å². The van der Waals surface area contributed by atoms with Gasteiger partial charge in [-0.3, -0.25) is 4.79 Å². The quantitative estimate of drug-likeness (QED) is 0.311. The van der Waals surface area contributed by atoms with Crippen LogP contribution in [0.2, 0.25) is 0 Å². The average molecular weight is 500 g/mol. The minimum absolute atomic E-state index is 0.0606. The van der Waals surface area contributed by atoms with E-state index in [1.54, 1.807) is 10.6 Å². The fraction of sp³-hybridized carbons (Fsp3) is 0.125. The second kappa shape index (κ2) is 8.07. The maximum Gasteiger partial charge on any atom is 0.237 e. The molecule has 2 N–H and O–H groups in total. The van der Waals surface area contributed by atoms with Gasteiger partial charge in [-0.25, -0.2) is 4.98 Å². The van der Waals surface area contributed by atoms with Crippen molar-refractivity contribution in [1.29, 1.82) is 0 Å². The SMILES string of the molecule is O=C(Nc1nc2ccc(Sc3nnc4ccc(Oc5ccc6cc[nH]c6c5)nn34)cc2s1)C1CC1. The molecular weight excluding hydrogens is 482 g/mol. The summed E-state index contributed by atoms with van der Waals surface area (Å²) in [6, 6.07) is 17.4. The maximum atomic E-state index is 12.1. The van der Waals surface area contributed by atoms with Gasteiger partial charge in [0.15, 0.2) is 10.8 Å². The van der Waals surface area contributed by atoms with Crippen molar-refractivity contribution in [2.24, 2.45) is 5.92 Å². The van der Waals surface area contributed by atoms with Gasteiger partial charge in [-0.15, -0.1) is 15.3 Å². The second-order valence-electron chi connectivity index (χ2n) is 8.27. The van der Waals surface area contributed by atoms with Crippen LogP contribution >= 0.6 is 23.1 Å². The van der Waals surface area contributed by atoms with Gasteiger partial charge >= 0.3 is 0 Å². The third kappa shape index (κ3) is 3.98. The van der Waals surface area contributed by atoms with Gasteiger partial charge in [0.05, 0.1) is 10.2 Å². The van der Waals surface area contributed by atoms with E-state index in [-0.39, 0.29) is 11.8 Å². The molecule has 7 rings (SSSR count). The lowest BCUT2D eigenvalue weighted by Crippen LogP contribution is -2.12. The molecule has 11 heteroatoms. The first kappa shape index (κ1) is 20.4. The molecule has 1 aliphatic rings. The zero-order valence-electron chi connectivity index (χ0n) is 18.1. The van der Waals surface area contributed by atoms with E-state index in [4.69, 9.17) is 4.74 Å². The number of thiazole rings is 1. The predicted octanol–water partition coefficient (Wildman–Crippen LogP) is 5.51. The van der Waals surface area contributed by atoms with Crippen molar-refractivity contribution in [3.05, 3.63) is 60.8 Å². The molecule has 1 aliphatic carbocycles. The Bertz CT molecular complexity index is 1730. The van der Waals surface area contributed by atoms with Crippen molar-refractivity contribution >= 4 is 60.9 Å². The van der Waals surface area contributed by atoms with Crippen molar-refractivity contribution < 1.29 is 9.53 Å². The number of anilines is 1. The number of rotatable bonds is 6. The van der Waals surface area contributed by atoms with E-state index in [0.717, 1.165) is 38.9 Å². The first-order valence-corrected chi connectivity index (χ1v) is 12.7. The van der Waals surface area contributed by atoms with Gasteiger partial charge in [0, 0.05) is 34.7 Å². The Morgan fingerprint density at radius 2 is 2.06 bits per heavy atom. The van der Waals surface area contributed by atoms with E-state index < -0.39 is 0 Å². The third-order valence-corrected chi connectivity index (χ3v) is 7.57. The molecule has 9 nitrogen and oxygen atoms in total. The van der Waals surface area contributed by atoms with Crippen LogP contribution in [0.25, 0.3) is 26.8 Å². The summed E-state index contributed by atoms with van der Waals surface area (Å²) in [4.78, 5) is 20.7. The summed E-state index contributed by atoms with van der Waals surface area (Å²) < 4.78 is 8.66. The van der Waals surface area contributed by atoms with Crippen molar-refractivity contribution in [1.82, 2.24) is 29.8 Å². The summed E-state index contributed by atoms with van der Waals surface area (Å²) in [5.41, 5.74) is 2.48. The summed E-state index contributed by atoms with van der Waals surface area (Å²) in [7, 11) is 0. The molecule has 0 bridgehead atoms. The molecule has 0 radical (unpaired) electrons. The fourth-order valence-corrected chi connectivity index (χ4v) is 5.57. The highest BCUT2D eigenvalue weighted by Gasteiger charge is 2.30. The summed E-state index contributed by atoms with van der Waals surface area (Å²) >= 11 is 2.92. The number of H-pyrrole nitrogens is 1. The molecule has 0 unspecified atom stereocenters. The van der Waals surface area contributed by atoms with Crippen LogP contribution in [0.3, 0.4) is 0 Å². The first-order valence-electron chi connectivity index (χ1n) is 11.0. The van der Waals surface area contributed by atoms with E-state index in [9.17, 15) is 4.79 Å². The molecule has 0 aliphatic heterocycles. The standard InChI is InChI=1S/C24H17N7O2S2/c32-22(14-1-2-14)27-23-26-17-6-5-16(12-19(17)35-23)34-24-29-28-20-7-8-21(30-31(20)24)33-15-4-3-13-9-10-25-18(13)11-15/h3-12,14,25H,1-2H2,(H,26,27,32). The molecule has 6 aromatic rings. The Labute approximate surface area is 206 Å². The highest BCUT2D eigenvalue weighted by atomic mass is 32.2. The predicted molar refractivity (Wildman–Crippen MR) is 134 cm³/mol. The molecule has 4 aromatic heterocycles. The highest BCUT2D eigenvalue weighted by Crippen LogP contribution is 2.35. The van der Waals surface area contributed by atoms with Crippen LogP contribution in [0, 0.1) is 5.92 Å². The molecule has 35 heavy (non-hydrogen) atoms. The number of nitrogens with one attached hydrogen (secondary N) is 2. The maximum absolute atomic E-state index is 12.1. The number of hydrogen-bond acceptors (Lipinski definition) is 8. The number of aromatic amines is 1. The number of carbonyl (C=O) groups excluding carboxylic acids is 1. The number of carbonyl (C=O) groups is 1. The summed E-state index contributed by atoms with van der Waals surface area (Å²) in [6.07, 6.45) is 3.83. The normalized spacial score (nSPS) is 13.6. The lowest BCUT2D eigenvalue weighted by atomic mass is 10.2. The molecule has 0 atom stereocenters. The lowest BCUT2D eigenvalue weighted by Gasteiger charge is -2.06. The molecule has 1 fully saturated rings. The topological polar surface area (TPSA) is 110 Å². The van der Waals surface area contributed by atoms with E-state index in [2.05, 4.69) is 30.6 Å². The number of ether oxygens (including phenoxy) is 1. The lowest BCUT2D eigenvalue weighted by molar-refractivity contribution is -0.117. The van der Waals surface area contributed by atoms with Crippen LogP contribution in [-0.2, 0) is 4.79 Å². The van der Waals surface area contributed by atoms with Crippen LogP contribution in [0.1, 0.15) is 12.8 Å². The molecule has 2 aromatic carbocycles. The van der Waals surface area contributed by atoms with Crippen molar-refractivity contribution in [3.8, 4) is 11.6 Å². The van der Waals surface area contributed by atoms with Crippen molar-refractivity contribution in [2.45, 2.75) is 22.9 Å². The number of amides is 1. The first-order chi connectivity index (χ1) is 17.2. The van der Waals surface area contributed by atoms with E-state index in [0.29, 0.717) is 27.6 Å². The molecular formula is C24H17N7O2S2. The van der Waals surface area contributed by atoms with Gasteiger partial charge in [-0.1, -0.05) is 11.3 Å². The average Bonchev–Trinajstić information content (AvgIpc) is 3.30. The van der Waals surface area contributed by atoms with Crippen LogP contribution in [-0.4, -0.2) is 35.7 Å². The van der Waals surface area contributed by atoms with E-state index in [1.165, 1.54) is 23.1 Å². The zero-order chi connectivity index (χ0) is 23.4. The third-order valence-electron chi connectivity index (χ3n) is 5.71. The van der Waals surface area contributed by atoms with Crippen LogP contribution < -0.4 is 10.1 Å². The van der Waals surface area contributed by atoms with Gasteiger partial charge in [-0.05, 0) is 72.5 Å². The van der Waals surface area contributed by atoms with Crippen molar-refractivity contribution in [2.75, 3.05) is 5.32 Å². The number of nitrogens with zero attached hydrogens (tertiary/aromatic N) is 5. The van der Waals surface area contributed by atoms with Gasteiger partial charge in [0.2, 0.25) is 16.9 Å². The number of aromatic nitrogens is 6. The highest BCUT2D eigenvalue weighted by molar-refractivity contribution is 7.99. The van der Waals surface area contributed by atoms with Gasteiger partial charge in [0.25, 0.3) is 0 Å². The van der Waals surface area contributed by atoms with Crippen LogP contribution in [0.15, 0.2) is 70.8 Å². The molecule has 0 spiro atoms. The summed E-state index contributed by atoms with van der Waals surface area (Å²) in [5.74, 6) is 1.34. The minimum atomic E-state index is 0.0606. The largest absolute Gasteiger partial charge is 0.438 e. The Kier molecular flexibility index (Phi) is 4.71. The molecule has 1 amide bonds. The molecule has 4 heterocycles. The summed E-state index contributed by atoms with van der Waals surface area (Å²) in [6.45, 7) is 0. The van der Waals surface area contributed by atoms with E-state index >= 15 is 0 Å². The Balaban J connectivity index is 1.14. The molecule has 1 saturated carbocycles. The van der Waals surface area contributed by atoms with Crippen LogP contribution in [0.4, 0.5) is 5.13 Å². The number of benzene rings is 2. The number of hydrogen-bond donors (Lipinski definition) is 2. The summed E-state index contributed by atoms with van der Waals surface area (Å²) in [5, 5.41) is 18.4. The monoisotopic (exact) mass is 499 g/mol. The smallest absolute Gasteiger partial charge is 0.237 e. The van der Waals surface area contributed by atoms with Gasteiger partial charge in [-0.2, -0.15) is 4.52 Å². The van der Waals surface area contributed by atoms with Crippen LogP contribution in [0.5, 0.6) is 11.6 Å². The second-order valence-corrected chi connectivity index (χ2v) is 10.3. The number of fused-ring (bicyclic) bond motifs is 3. The molecule has 0 saturated heterocycles. The van der Waals surface area contributed by atoms with Gasteiger partial charge in [0.1, 0.15) is 5.75 Å². The van der Waals surface area contributed by atoms with Gasteiger partial charge < -0.3 is 15.0 Å². The fourth-order valence-electron chi connectivity index (χ4n) is 3.76. The Morgan fingerprint density at radius 1 is 1.11 bits per heavy atom. The zero-order valence-corrected chi connectivity index (χ0v) is 19.8. The Morgan fingerprint density at radius 3 is 2.97 bits per heavy atom. The minimum Gasteiger partial charge on any atom is -0.438 e. The van der Waals surface area contributed by atoms with E-state index in [1.807, 2.05) is 54.7 Å².